The second-order valence-corrected chi connectivity index (χ2v) is 8.08. The van der Waals surface area contributed by atoms with Crippen LogP contribution in [-0.2, 0) is 21.2 Å². The van der Waals surface area contributed by atoms with Crippen molar-refractivity contribution < 1.29 is 17.6 Å². The van der Waals surface area contributed by atoms with E-state index in [1.807, 2.05) is 6.07 Å². The van der Waals surface area contributed by atoms with Crippen LogP contribution in [0.25, 0.3) is 6.08 Å². The van der Waals surface area contributed by atoms with Crippen LogP contribution in [0.5, 0.6) is 0 Å². The number of amides is 1. The van der Waals surface area contributed by atoms with Crippen LogP contribution in [0.1, 0.15) is 36.1 Å². The molecular formula is C20H21FN2O3S. The number of carbonyl (C=O) groups is 1. The van der Waals surface area contributed by atoms with E-state index in [2.05, 4.69) is 10.0 Å². The monoisotopic (exact) mass is 388 g/mol. The first-order valence-corrected chi connectivity index (χ1v) is 10.2. The zero-order valence-corrected chi connectivity index (χ0v) is 15.7. The number of hydrogen-bond donors (Lipinski definition) is 2. The molecule has 1 aliphatic rings. The number of sulfonamides is 1. The van der Waals surface area contributed by atoms with Gasteiger partial charge in [-0.3, -0.25) is 4.79 Å². The maximum absolute atomic E-state index is 13.8. The Kier molecular flexibility index (Phi) is 5.72. The van der Waals surface area contributed by atoms with Gasteiger partial charge in [-0.2, -0.15) is 0 Å². The Bertz CT molecular complexity index is 969. The molecule has 0 aliphatic heterocycles. The second kappa shape index (κ2) is 8.02. The molecule has 2 aromatic carbocycles. The van der Waals surface area contributed by atoms with Gasteiger partial charge in [0.25, 0.3) is 0 Å². The minimum Gasteiger partial charge on any atom is -0.346 e. The van der Waals surface area contributed by atoms with Gasteiger partial charge in [0.2, 0.25) is 15.9 Å². The number of nitrogens with one attached hydrogen (secondary N) is 2. The summed E-state index contributed by atoms with van der Waals surface area (Å²) in [6.45, 7) is 2.03. The molecule has 5 nitrogen and oxygen atoms in total. The van der Waals surface area contributed by atoms with Crippen molar-refractivity contribution in [1.82, 2.24) is 10.0 Å². The largest absolute Gasteiger partial charge is 0.346 e. The maximum Gasteiger partial charge on any atom is 0.244 e. The molecule has 1 unspecified atom stereocenters. The van der Waals surface area contributed by atoms with Gasteiger partial charge in [-0.05, 0) is 53.8 Å². The van der Waals surface area contributed by atoms with Gasteiger partial charge in [-0.15, -0.1) is 0 Å². The van der Waals surface area contributed by atoms with Gasteiger partial charge >= 0.3 is 0 Å². The fourth-order valence-electron chi connectivity index (χ4n) is 3.18. The lowest BCUT2D eigenvalue weighted by atomic mass is 10.1. The van der Waals surface area contributed by atoms with E-state index < -0.39 is 10.0 Å². The van der Waals surface area contributed by atoms with Crippen molar-refractivity contribution in [3.8, 4) is 0 Å². The summed E-state index contributed by atoms with van der Waals surface area (Å²) in [7, 11) is -3.49. The molecule has 0 saturated carbocycles. The lowest BCUT2D eigenvalue weighted by molar-refractivity contribution is -0.117. The molecule has 3 rings (SSSR count). The van der Waals surface area contributed by atoms with E-state index in [1.54, 1.807) is 31.2 Å². The van der Waals surface area contributed by atoms with Gasteiger partial charge in [-0.1, -0.05) is 31.2 Å². The summed E-state index contributed by atoms with van der Waals surface area (Å²) in [5.74, 6) is -0.506. The van der Waals surface area contributed by atoms with Crippen molar-refractivity contribution in [2.75, 3.05) is 6.54 Å². The molecule has 7 heteroatoms. The highest BCUT2D eigenvalue weighted by Crippen LogP contribution is 2.32. The number of benzene rings is 2. The van der Waals surface area contributed by atoms with Crippen LogP contribution in [0.4, 0.5) is 4.39 Å². The number of halogens is 1. The van der Waals surface area contributed by atoms with Crippen LogP contribution >= 0.6 is 0 Å². The van der Waals surface area contributed by atoms with E-state index in [-0.39, 0.29) is 22.7 Å². The number of rotatable bonds is 6. The second-order valence-electron chi connectivity index (χ2n) is 6.31. The smallest absolute Gasteiger partial charge is 0.244 e. The van der Waals surface area contributed by atoms with Crippen molar-refractivity contribution in [1.29, 1.82) is 0 Å². The first kappa shape index (κ1) is 19.3. The number of hydrogen-bond acceptors (Lipinski definition) is 3. The average molecular weight is 388 g/mol. The summed E-state index contributed by atoms with van der Waals surface area (Å²) in [4.78, 5) is 12.4. The van der Waals surface area contributed by atoms with Crippen molar-refractivity contribution in [3.05, 3.63) is 71.0 Å². The average Bonchev–Trinajstić information content (AvgIpc) is 3.05. The predicted octanol–water partition coefficient (Wildman–Crippen LogP) is 2.94. The van der Waals surface area contributed by atoms with E-state index in [0.717, 1.165) is 5.56 Å². The highest BCUT2D eigenvalue weighted by Gasteiger charge is 2.25. The standard InChI is InChI=1S/C20H21FN2O3S/c1-2-22-27(25,26)15-9-6-14(7-10-15)8-13-20(24)23-19-12-11-16-17(19)4-3-5-18(16)21/h3-10,13,19,22H,2,11-12H2,1H3,(H,23,24). The molecule has 27 heavy (non-hydrogen) atoms. The third kappa shape index (κ3) is 4.43. The van der Waals surface area contributed by atoms with Gasteiger partial charge < -0.3 is 5.32 Å². The van der Waals surface area contributed by atoms with Gasteiger partial charge in [-0.25, -0.2) is 17.5 Å². The molecule has 0 radical (unpaired) electrons. The van der Waals surface area contributed by atoms with Gasteiger partial charge in [0.15, 0.2) is 0 Å². The molecule has 0 fully saturated rings. The Hall–Kier alpha value is -2.51. The van der Waals surface area contributed by atoms with Crippen LogP contribution in [0.2, 0.25) is 0 Å². The molecule has 1 atom stereocenters. The fourth-order valence-corrected chi connectivity index (χ4v) is 4.22. The SMILES string of the molecule is CCNS(=O)(=O)c1ccc(C=CC(=O)NC2CCc3c(F)cccc32)cc1. The van der Waals surface area contributed by atoms with Crippen molar-refractivity contribution >= 4 is 22.0 Å². The lowest BCUT2D eigenvalue weighted by Gasteiger charge is -2.12. The predicted molar refractivity (Wildman–Crippen MR) is 102 cm³/mol. The van der Waals surface area contributed by atoms with Crippen molar-refractivity contribution in [2.45, 2.75) is 30.7 Å². The Morgan fingerprint density at radius 2 is 1.96 bits per heavy atom. The summed E-state index contributed by atoms with van der Waals surface area (Å²) >= 11 is 0. The van der Waals surface area contributed by atoms with Crippen LogP contribution in [0.15, 0.2) is 53.4 Å². The van der Waals surface area contributed by atoms with Crippen molar-refractivity contribution in [3.63, 3.8) is 0 Å². The summed E-state index contributed by atoms with van der Waals surface area (Å²) in [6, 6.07) is 11.0. The minimum absolute atomic E-state index is 0.176. The summed E-state index contributed by atoms with van der Waals surface area (Å²) in [5.41, 5.74) is 2.21. The number of fused-ring (bicyclic) bond motifs is 1. The fraction of sp³-hybridized carbons (Fsp3) is 0.250. The molecular weight excluding hydrogens is 367 g/mol. The van der Waals surface area contributed by atoms with E-state index in [0.29, 0.717) is 30.5 Å². The van der Waals surface area contributed by atoms with Crippen LogP contribution in [0.3, 0.4) is 0 Å². The first-order valence-electron chi connectivity index (χ1n) is 8.76. The third-order valence-electron chi connectivity index (χ3n) is 4.48. The molecule has 1 amide bonds. The molecule has 0 bridgehead atoms. The maximum atomic E-state index is 13.8. The third-order valence-corrected chi connectivity index (χ3v) is 6.04. The van der Waals surface area contributed by atoms with Crippen molar-refractivity contribution in [2.24, 2.45) is 0 Å². The molecule has 0 spiro atoms. The highest BCUT2D eigenvalue weighted by atomic mass is 32.2. The van der Waals surface area contributed by atoms with E-state index in [1.165, 1.54) is 24.3 Å². The first-order chi connectivity index (χ1) is 12.9. The van der Waals surface area contributed by atoms with Gasteiger partial charge in [0, 0.05) is 12.6 Å². The molecule has 0 heterocycles. The lowest BCUT2D eigenvalue weighted by Crippen LogP contribution is -2.25. The van der Waals surface area contributed by atoms with E-state index in [4.69, 9.17) is 0 Å². The zero-order chi connectivity index (χ0) is 19.4. The topological polar surface area (TPSA) is 75.3 Å². The molecule has 0 aromatic heterocycles. The molecule has 142 valence electrons. The molecule has 1 aliphatic carbocycles. The number of carbonyl (C=O) groups excluding carboxylic acids is 1. The molecule has 0 saturated heterocycles. The summed E-state index contributed by atoms with van der Waals surface area (Å²) in [6.07, 6.45) is 4.29. The minimum atomic E-state index is -3.49. The normalized spacial score (nSPS) is 16.4. The Morgan fingerprint density at radius 1 is 1.22 bits per heavy atom. The Balaban J connectivity index is 1.64. The van der Waals surface area contributed by atoms with E-state index >= 15 is 0 Å². The zero-order valence-electron chi connectivity index (χ0n) is 14.9. The van der Waals surface area contributed by atoms with Gasteiger partial charge in [0.1, 0.15) is 5.82 Å². The summed E-state index contributed by atoms with van der Waals surface area (Å²) < 4.78 is 40.0. The van der Waals surface area contributed by atoms with Gasteiger partial charge in [0.05, 0.1) is 10.9 Å². The highest BCUT2D eigenvalue weighted by molar-refractivity contribution is 7.89. The van der Waals surface area contributed by atoms with Crippen LogP contribution in [-0.4, -0.2) is 20.9 Å². The van der Waals surface area contributed by atoms with Crippen LogP contribution < -0.4 is 10.0 Å². The summed E-state index contributed by atoms with van der Waals surface area (Å²) in [5, 5.41) is 2.89. The molecule has 2 aromatic rings. The van der Waals surface area contributed by atoms with Crippen LogP contribution in [0, 0.1) is 5.82 Å². The molecule has 2 N–H and O–H groups in total. The Morgan fingerprint density at radius 3 is 2.67 bits per heavy atom. The van der Waals surface area contributed by atoms with E-state index in [9.17, 15) is 17.6 Å². The Labute approximate surface area is 158 Å². The quantitative estimate of drug-likeness (QED) is 0.747.